The molecule has 0 amide bonds. The number of carbonyl (C=O) groups excluding carboxylic acids is 1. The van der Waals surface area contributed by atoms with Gasteiger partial charge in [-0.1, -0.05) is 18.9 Å². The van der Waals surface area contributed by atoms with Crippen LogP contribution in [0.15, 0.2) is 11.1 Å². The molecule has 4 heteroatoms. The third kappa shape index (κ3) is 6.61. The molecule has 0 saturated carbocycles. The normalized spacial score (nSPS) is 7.69. The predicted molar refractivity (Wildman–Crippen MR) is 57.6 cm³/mol. The number of carbonyl (C=O) groups is 1. The zero-order valence-electron chi connectivity index (χ0n) is 8.85. The van der Waals surface area contributed by atoms with E-state index in [1.54, 1.807) is 0 Å². The summed E-state index contributed by atoms with van der Waals surface area (Å²) < 4.78 is 4.63. The van der Waals surface area contributed by atoms with Crippen LogP contribution < -0.4 is 6.15 Å². The van der Waals surface area contributed by atoms with Gasteiger partial charge in [0.05, 0.1) is 7.11 Å². The summed E-state index contributed by atoms with van der Waals surface area (Å²) in [7, 11) is 1.42. The zero-order valence-corrected chi connectivity index (χ0v) is 9.66. The first-order chi connectivity index (χ1) is 5.13. The molecule has 0 unspecified atom stereocenters. The molecule has 0 aromatic rings. The van der Waals surface area contributed by atoms with Crippen LogP contribution in [0.5, 0.6) is 0 Å². The minimum atomic E-state index is -0.188. The monoisotopic (exact) mass is 209 g/mol. The summed E-state index contributed by atoms with van der Waals surface area (Å²) in [4.78, 5) is 11.1. The van der Waals surface area contributed by atoms with E-state index in [1.807, 2.05) is 20.8 Å². The molecular formula is C9H20ClNO2. The Balaban J connectivity index is -0.000000500. The van der Waals surface area contributed by atoms with E-state index in [4.69, 9.17) is 0 Å². The molecule has 0 bridgehead atoms. The van der Waals surface area contributed by atoms with Gasteiger partial charge >= 0.3 is 5.97 Å². The molecule has 0 rings (SSSR count). The summed E-state index contributed by atoms with van der Waals surface area (Å²) in [5.74, 6) is -0.188. The molecule has 0 aliphatic carbocycles. The maximum absolute atomic E-state index is 11.1. The van der Waals surface area contributed by atoms with Crippen LogP contribution in [0.3, 0.4) is 0 Å². The van der Waals surface area contributed by atoms with Crippen LogP contribution >= 0.6 is 12.4 Å². The molecule has 0 spiro atoms. The van der Waals surface area contributed by atoms with E-state index >= 15 is 0 Å². The molecule has 0 heterocycles. The highest BCUT2D eigenvalue weighted by atomic mass is 35.5. The third-order valence-corrected chi connectivity index (χ3v) is 1.54. The van der Waals surface area contributed by atoms with E-state index in [-0.39, 0.29) is 24.5 Å². The van der Waals surface area contributed by atoms with Gasteiger partial charge in [0.2, 0.25) is 0 Å². The highest BCUT2D eigenvalue weighted by Crippen LogP contribution is 2.11. The van der Waals surface area contributed by atoms with Gasteiger partial charge in [0, 0.05) is 5.57 Å². The lowest BCUT2D eigenvalue weighted by molar-refractivity contribution is -0.136. The van der Waals surface area contributed by atoms with Crippen molar-refractivity contribution in [3.63, 3.8) is 0 Å². The Labute approximate surface area is 86.5 Å². The quantitative estimate of drug-likeness (QED) is 0.574. The zero-order chi connectivity index (χ0) is 8.85. The van der Waals surface area contributed by atoms with Gasteiger partial charge in [-0.25, -0.2) is 4.79 Å². The second kappa shape index (κ2) is 9.55. The van der Waals surface area contributed by atoms with Crippen LogP contribution in [-0.2, 0) is 9.53 Å². The van der Waals surface area contributed by atoms with Crippen LogP contribution in [-0.4, -0.2) is 13.1 Å². The Morgan fingerprint density at radius 2 is 1.77 bits per heavy atom. The molecule has 80 valence electrons. The molecule has 0 fully saturated rings. The number of allylic oxidation sites excluding steroid dienone is 1. The Hall–Kier alpha value is -0.540. The van der Waals surface area contributed by atoms with E-state index in [1.165, 1.54) is 7.11 Å². The van der Waals surface area contributed by atoms with Crippen molar-refractivity contribution in [2.45, 2.75) is 33.6 Å². The SMILES string of the molecule is CCCC(C(=O)OC)=C(C)C.Cl.N. The van der Waals surface area contributed by atoms with E-state index in [2.05, 4.69) is 4.74 Å². The Morgan fingerprint density at radius 1 is 1.31 bits per heavy atom. The number of methoxy groups -OCH3 is 1. The van der Waals surface area contributed by atoms with Crippen molar-refractivity contribution in [2.75, 3.05) is 7.11 Å². The van der Waals surface area contributed by atoms with Crippen molar-refractivity contribution in [3.05, 3.63) is 11.1 Å². The average Bonchev–Trinajstić information content (AvgIpc) is 1.98. The lowest BCUT2D eigenvalue weighted by atomic mass is 10.1. The Bertz CT molecular complexity index is 174. The van der Waals surface area contributed by atoms with Crippen molar-refractivity contribution >= 4 is 18.4 Å². The maximum Gasteiger partial charge on any atom is 0.333 e. The number of hydrogen-bond donors (Lipinski definition) is 1. The lowest BCUT2D eigenvalue weighted by Crippen LogP contribution is -2.05. The minimum absolute atomic E-state index is 0. The second-order valence-corrected chi connectivity index (χ2v) is 2.72. The molecular weight excluding hydrogens is 190 g/mol. The molecule has 0 radical (unpaired) electrons. The van der Waals surface area contributed by atoms with Crippen LogP contribution in [0, 0.1) is 0 Å². The molecule has 0 aromatic heterocycles. The number of halogens is 1. The molecule has 0 aliphatic rings. The van der Waals surface area contributed by atoms with Crippen molar-refractivity contribution in [2.24, 2.45) is 0 Å². The van der Waals surface area contributed by atoms with Crippen molar-refractivity contribution in [3.8, 4) is 0 Å². The van der Waals surface area contributed by atoms with Crippen molar-refractivity contribution in [1.82, 2.24) is 6.15 Å². The number of rotatable bonds is 3. The summed E-state index contributed by atoms with van der Waals surface area (Å²) >= 11 is 0. The number of ether oxygens (including phenoxy) is 1. The topological polar surface area (TPSA) is 61.3 Å². The van der Waals surface area contributed by atoms with Crippen LogP contribution in [0.25, 0.3) is 0 Å². The molecule has 0 aliphatic heterocycles. The lowest BCUT2D eigenvalue weighted by Gasteiger charge is -2.04. The predicted octanol–water partition coefficient (Wildman–Crippen LogP) is 2.88. The first-order valence-electron chi connectivity index (χ1n) is 3.88. The maximum atomic E-state index is 11.1. The summed E-state index contributed by atoms with van der Waals surface area (Å²) in [6.45, 7) is 5.91. The summed E-state index contributed by atoms with van der Waals surface area (Å²) in [5, 5.41) is 0. The largest absolute Gasteiger partial charge is 0.466 e. The van der Waals surface area contributed by atoms with Crippen molar-refractivity contribution in [1.29, 1.82) is 0 Å². The third-order valence-electron chi connectivity index (χ3n) is 1.54. The van der Waals surface area contributed by atoms with Gasteiger partial charge in [-0.05, 0) is 20.3 Å². The standard InChI is InChI=1S/C9H16O2.ClH.H3N/c1-5-6-8(7(2)3)9(10)11-4;;/h5-6H2,1-4H3;1H;1H3. The minimum Gasteiger partial charge on any atom is -0.466 e. The van der Waals surface area contributed by atoms with Gasteiger partial charge in [0.25, 0.3) is 0 Å². The van der Waals surface area contributed by atoms with Crippen LogP contribution in [0.2, 0.25) is 0 Å². The Kier molecular flexibility index (Phi) is 13.4. The van der Waals surface area contributed by atoms with Crippen molar-refractivity contribution < 1.29 is 9.53 Å². The highest BCUT2D eigenvalue weighted by Gasteiger charge is 2.08. The fourth-order valence-electron chi connectivity index (χ4n) is 0.929. The van der Waals surface area contributed by atoms with Gasteiger partial charge in [-0.3, -0.25) is 0 Å². The van der Waals surface area contributed by atoms with E-state index < -0.39 is 0 Å². The van der Waals surface area contributed by atoms with Gasteiger partial charge in [0.15, 0.2) is 0 Å². The van der Waals surface area contributed by atoms with Gasteiger partial charge in [0.1, 0.15) is 0 Å². The first-order valence-corrected chi connectivity index (χ1v) is 3.88. The molecule has 0 saturated heterocycles. The molecule has 0 atom stereocenters. The molecule has 0 aromatic carbocycles. The molecule has 13 heavy (non-hydrogen) atoms. The molecule has 3 N–H and O–H groups in total. The van der Waals surface area contributed by atoms with E-state index in [9.17, 15) is 4.79 Å². The Morgan fingerprint density at radius 3 is 2.00 bits per heavy atom. The fourth-order valence-corrected chi connectivity index (χ4v) is 0.929. The van der Waals surface area contributed by atoms with E-state index in [0.29, 0.717) is 0 Å². The summed E-state index contributed by atoms with van der Waals surface area (Å²) in [6.07, 6.45) is 1.80. The fraction of sp³-hybridized carbons (Fsp3) is 0.667. The highest BCUT2D eigenvalue weighted by molar-refractivity contribution is 5.89. The first kappa shape index (κ1) is 18.3. The summed E-state index contributed by atoms with van der Waals surface area (Å²) in [5.41, 5.74) is 1.87. The number of esters is 1. The average molecular weight is 210 g/mol. The smallest absolute Gasteiger partial charge is 0.333 e. The van der Waals surface area contributed by atoms with Crippen LogP contribution in [0.1, 0.15) is 33.6 Å². The molecule has 3 nitrogen and oxygen atoms in total. The van der Waals surface area contributed by atoms with Gasteiger partial charge in [-0.2, -0.15) is 0 Å². The number of hydrogen-bond acceptors (Lipinski definition) is 3. The van der Waals surface area contributed by atoms with Gasteiger partial charge in [-0.15, -0.1) is 12.4 Å². The van der Waals surface area contributed by atoms with E-state index in [0.717, 1.165) is 24.0 Å². The van der Waals surface area contributed by atoms with Gasteiger partial charge < -0.3 is 10.9 Å². The van der Waals surface area contributed by atoms with Crippen LogP contribution in [0.4, 0.5) is 0 Å². The summed E-state index contributed by atoms with van der Waals surface area (Å²) in [6, 6.07) is 0. The second-order valence-electron chi connectivity index (χ2n) is 2.72.